The lowest BCUT2D eigenvalue weighted by Gasteiger charge is -2.18. The fourth-order valence-corrected chi connectivity index (χ4v) is 3.81. The van der Waals surface area contributed by atoms with Crippen LogP contribution >= 0.6 is 27.5 Å². The maximum absolute atomic E-state index is 12.5. The van der Waals surface area contributed by atoms with Crippen molar-refractivity contribution in [1.29, 1.82) is 0 Å². The highest BCUT2D eigenvalue weighted by Crippen LogP contribution is 2.38. The number of carbonyl (C=O) groups excluding carboxylic acids is 1. The molecule has 1 amide bonds. The molecule has 1 saturated carbocycles. The zero-order valence-corrected chi connectivity index (χ0v) is 12.4. The lowest BCUT2D eigenvalue weighted by molar-refractivity contribution is 0.0781. The summed E-state index contributed by atoms with van der Waals surface area (Å²) in [6.07, 6.45) is 3.89. The Bertz CT molecular complexity index is 479. The molecule has 1 aromatic rings. The van der Waals surface area contributed by atoms with Gasteiger partial charge in [-0.1, -0.05) is 24.1 Å². The zero-order chi connectivity index (χ0) is 12.7. The second-order valence-electron chi connectivity index (χ2n) is 5.26. The van der Waals surface area contributed by atoms with Gasteiger partial charge in [0.25, 0.3) is 5.91 Å². The molecule has 1 heterocycles. The Morgan fingerprint density at radius 1 is 1.28 bits per heavy atom. The van der Waals surface area contributed by atoms with Crippen molar-refractivity contribution in [2.45, 2.75) is 19.3 Å². The van der Waals surface area contributed by atoms with Gasteiger partial charge in [-0.15, -0.1) is 0 Å². The second kappa shape index (κ2) is 4.86. The van der Waals surface area contributed by atoms with Crippen LogP contribution in [0.2, 0.25) is 5.02 Å². The average Bonchev–Trinajstić information content (AvgIpc) is 2.92. The molecular weight excluding hydrogens is 314 g/mol. The monoisotopic (exact) mass is 327 g/mol. The van der Waals surface area contributed by atoms with Crippen LogP contribution in [0.3, 0.4) is 0 Å². The summed E-state index contributed by atoms with van der Waals surface area (Å²) in [5.74, 6) is 1.52. The molecule has 1 aromatic carbocycles. The molecule has 0 bridgehead atoms. The number of carbonyl (C=O) groups is 1. The van der Waals surface area contributed by atoms with E-state index in [1.807, 2.05) is 23.1 Å². The highest BCUT2D eigenvalue weighted by atomic mass is 79.9. The van der Waals surface area contributed by atoms with E-state index < -0.39 is 0 Å². The number of hydrogen-bond donors (Lipinski definition) is 0. The van der Waals surface area contributed by atoms with E-state index in [-0.39, 0.29) is 5.91 Å². The molecule has 0 N–H and O–H groups in total. The molecule has 0 radical (unpaired) electrons. The van der Waals surface area contributed by atoms with Crippen LogP contribution in [-0.4, -0.2) is 23.9 Å². The average molecular weight is 329 g/mol. The number of benzene rings is 1. The van der Waals surface area contributed by atoms with Crippen LogP contribution in [-0.2, 0) is 0 Å². The molecule has 3 rings (SSSR count). The van der Waals surface area contributed by atoms with Gasteiger partial charge in [-0.2, -0.15) is 0 Å². The molecule has 18 heavy (non-hydrogen) atoms. The molecule has 2 fully saturated rings. The predicted molar refractivity (Wildman–Crippen MR) is 75.9 cm³/mol. The summed E-state index contributed by atoms with van der Waals surface area (Å²) in [5.41, 5.74) is 0.617. The van der Waals surface area contributed by atoms with Gasteiger partial charge in [0, 0.05) is 17.6 Å². The number of fused-ring (bicyclic) bond motifs is 1. The Morgan fingerprint density at radius 2 is 1.94 bits per heavy atom. The lowest BCUT2D eigenvalue weighted by Crippen LogP contribution is -2.29. The first-order valence-electron chi connectivity index (χ1n) is 6.40. The Balaban J connectivity index is 1.81. The van der Waals surface area contributed by atoms with E-state index in [1.165, 1.54) is 19.3 Å². The van der Waals surface area contributed by atoms with Crippen LogP contribution < -0.4 is 0 Å². The number of rotatable bonds is 1. The molecule has 0 spiro atoms. The summed E-state index contributed by atoms with van der Waals surface area (Å²) in [6, 6.07) is 5.53. The van der Waals surface area contributed by atoms with Gasteiger partial charge in [0.15, 0.2) is 0 Å². The van der Waals surface area contributed by atoms with Gasteiger partial charge in [0.05, 0.1) is 10.6 Å². The van der Waals surface area contributed by atoms with Crippen LogP contribution in [0.5, 0.6) is 0 Å². The third kappa shape index (κ3) is 2.08. The molecule has 2 aliphatic rings. The van der Waals surface area contributed by atoms with Crippen LogP contribution in [0, 0.1) is 11.8 Å². The zero-order valence-electron chi connectivity index (χ0n) is 10.0. The summed E-state index contributed by atoms with van der Waals surface area (Å²) in [4.78, 5) is 14.4. The van der Waals surface area contributed by atoms with Crippen LogP contribution in [0.25, 0.3) is 0 Å². The number of hydrogen-bond acceptors (Lipinski definition) is 1. The minimum atomic E-state index is 0.0794. The van der Waals surface area contributed by atoms with E-state index in [0.29, 0.717) is 10.6 Å². The molecule has 4 heteroatoms. The van der Waals surface area contributed by atoms with Crippen LogP contribution in [0.15, 0.2) is 22.7 Å². The molecule has 2 unspecified atom stereocenters. The Kier molecular flexibility index (Phi) is 3.37. The van der Waals surface area contributed by atoms with Gasteiger partial charge in [0.2, 0.25) is 0 Å². The standard InChI is InChI=1S/C14H15BrClNO/c15-12-6-2-5-11(13(12)16)14(18)17-7-9-3-1-4-10(9)8-17/h2,5-6,9-10H,1,3-4,7-8H2. The number of amides is 1. The SMILES string of the molecule is O=C(c1cccc(Br)c1Cl)N1CC2CCCC2C1. The van der Waals surface area contributed by atoms with Gasteiger partial charge in [0.1, 0.15) is 0 Å². The lowest BCUT2D eigenvalue weighted by atomic mass is 10.0. The van der Waals surface area contributed by atoms with E-state index in [2.05, 4.69) is 15.9 Å². The minimum absolute atomic E-state index is 0.0794. The van der Waals surface area contributed by atoms with E-state index in [9.17, 15) is 4.79 Å². The summed E-state index contributed by atoms with van der Waals surface area (Å²) in [7, 11) is 0. The van der Waals surface area contributed by atoms with Crippen molar-refractivity contribution in [3.8, 4) is 0 Å². The molecule has 0 aromatic heterocycles. The number of halogens is 2. The highest BCUT2D eigenvalue weighted by Gasteiger charge is 2.38. The third-order valence-electron chi connectivity index (χ3n) is 4.20. The third-order valence-corrected chi connectivity index (χ3v) is 5.49. The normalized spacial score (nSPS) is 26.4. The minimum Gasteiger partial charge on any atom is -0.338 e. The van der Waals surface area contributed by atoms with Gasteiger partial charge < -0.3 is 4.90 Å². The summed E-state index contributed by atoms with van der Waals surface area (Å²) < 4.78 is 0.786. The fraction of sp³-hybridized carbons (Fsp3) is 0.500. The Hall–Kier alpha value is -0.540. The summed E-state index contributed by atoms with van der Waals surface area (Å²) in [5, 5.41) is 0.527. The van der Waals surface area contributed by atoms with Crippen molar-refractivity contribution in [3.63, 3.8) is 0 Å². The topological polar surface area (TPSA) is 20.3 Å². The van der Waals surface area contributed by atoms with Crippen LogP contribution in [0.4, 0.5) is 0 Å². The maximum Gasteiger partial charge on any atom is 0.255 e. The van der Waals surface area contributed by atoms with E-state index >= 15 is 0 Å². The molecule has 1 saturated heterocycles. The van der Waals surface area contributed by atoms with Crippen molar-refractivity contribution in [2.24, 2.45) is 11.8 Å². The quantitative estimate of drug-likeness (QED) is 0.764. The number of likely N-dealkylation sites (tertiary alicyclic amines) is 1. The summed E-state index contributed by atoms with van der Waals surface area (Å²) in [6.45, 7) is 1.82. The van der Waals surface area contributed by atoms with Crippen molar-refractivity contribution in [3.05, 3.63) is 33.3 Å². The van der Waals surface area contributed by atoms with E-state index in [0.717, 1.165) is 29.4 Å². The van der Waals surface area contributed by atoms with Crippen molar-refractivity contribution >= 4 is 33.4 Å². The van der Waals surface area contributed by atoms with Gasteiger partial charge in [-0.25, -0.2) is 0 Å². The largest absolute Gasteiger partial charge is 0.338 e. The van der Waals surface area contributed by atoms with Crippen molar-refractivity contribution in [1.82, 2.24) is 4.90 Å². The van der Waals surface area contributed by atoms with Gasteiger partial charge >= 0.3 is 0 Å². The number of nitrogens with zero attached hydrogens (tertiary/aromatic N) is 1. The van der Waals surface area contributed by atoms with E-state index in [1.54, 1.807) is 0 Å². The van der Waals surface area contributed by atoms with E-state index in [4.69, 9.17) is 11.6 Å². The van der Waals surface area contributed by atoms with Crippen molar-refractivity contribution in [2.75, 3.05) is 13.1 Å². The first-order chi connectivity index (χ1) is 8.66. The smallest absolute Gasteiger partial charge is 0.255 e. The van der Waals surface area contributed by atoms with Crippen molar-refractivity contribution < 1.29 is 4.79 Å². The molecule has 1 aliphatic heterocycles. The Morgan fingerprint density at radius 3 is 2.61 bits per heavy atom. The molecule has 2 nitrogen and oxygen atoms in total. The second-order valence-corrected chi connectivity index (χ2v) is 6.49. The fourth-order valence-electron chi connectivity index (χ4n) is 3.24. The Labute approximate surface area is 120 Å². The van der Waals surface area contributed by atoms with Gasteiger partial charge in [-0.3, -0.25) is 4.79 Å². The first kappa shape index (κ1) is 12.5. The first-order valence-corrected chi connectivity index (χ1v) is 7.57. The van der Waals surface area contributed by atoms with Gasteiger partial charge in [-0.05, 0) is 52.7 Å². The molecule has 2 atom stereocenters. The molecule has 96 valence electrons. The maximum atomic E-state index is 12.5. The molecular formula is C14H15BrClNO. The summed E-state index contributed by atoms with van der Waals surface area (Å²) >= 11 is 9.56. The highest BCUT2D eigenvalue weighted by molar-refractivity contribution is 9.10. The predicted octanol–water partition coefficient (Wildman–Crippen LogP) is 3.97. The molecule has 1 aliphatic carbocycles. The van der Waals surface area contributed by atoms with Crippen LogP contribution in [0.1, 0.15) is 29.6 Å².